The van der Waals surface area contributed by atoms with Gasteiger partial charge in [-0.15, -0.1) is 0 Å². The van der Waals surface area contributed by atoms with Crippen LogP contribution < -0.4 is 4.90 Å². The second-order valence-corrected chi connectivity index (χ2v) is 6.17. The number of benzene rings is 2. The summed E-state index contributed by atoms with van der Waals surface area (Å²) in [5, 5.41) is 20.1. The number of nitrogens with zero attached hydrogens (tertiary/aromatic N) is 2. The molecular formula is C20H22N2O5. The van der Waals surface area contributed by atoms with Crippen molar-refractivity contribution in [1.29, 1.82) is 0 Å². The van der Waals surface area contributed by atoms with Crippen LogP contribution in [0.15, 0.2) is 48.5 Å². The molecule has 0 aliphatic rings. The zero-order chi connectivity index (χ0) is 19.8. The van der Waals surface area contributed by atoms with Crippen LogP contribution in [0.5, 0.6) is 0 Å². The van der Waals surface area contributed by atoms with Crippen LogP contribution in [-0.4, -0.2) is 28.5 Å². The van der Waals surface area contributed by atoms with E-state index >= 15 is 0 Å². The third-order valence-corrected chi connectivity index (χ3v) is 4.14. The first-order chi connectivity index (χ1) is 12.9. The molecule has 0 unspecified atom stereocenters. The van der Waals surface area contributed by atoms with Gasteiger partial charge in [-0.2, -0.15) is 0 Å². The van der Waals surface area contributed by atoms with Gasteiger partial charge in [-0.1, -0.05) is 43.3 Å². The lowest BCUT2D eigenvalue weighted by Gasteiger charge is -2.26. The second kappa shape index (κ2) is 9.47. The Hall–Kier alpha value is -3.22. The summed E-state index contributed by atoms with van der Waals surface area (Å²) >= 11 is 0. The van der Waals surface area contributed by atoms with E-state index in [9.17, 15) is 24.8 Å². The van der Waals surface area contributed by atoms with Gasteiger partial charge in [-0.25, -0.2) is 4.79 Å². The van der Waals surface area contributed by atoms with Crippen molar-refractivity contribution in [1.82, 2.24) is 0 Å². The molecule has 2 rings (SSSR count). The predicted molar refractivity (Wildman–Crippen MR) is 102 cm³/mol. The van der Waals surface area contributed by atoms with Gasteiger partial charge in [0, 0.05) is 23.5 Å². The minimum atomic E-state index is -1.11. The Morgan fingerprint density at radius 1 is 1.15 bits per heavy atom. The molecule has 0 atom stereocenters. The van der Waals surface area contributed by atoms with E-state index in [2.05, 4.69) is 0 Å². The lowest BCUT2D eigenvalue weighted by atomic mass is 10.0. The fourth-order valence-electron chi connectivity index (χ4n) is 2.79. The zero-order valence-electron chi connectivity index (χ0n) is 15.1. The van der Waals surface area contributed by atoms with E-state index < -0.39 is 10.9 Å². The minimum absolute atomic E-state index is 0.0391. The number of nitro groups is 1. The second-order valence-electron chi connectivity index (χ2n) is 6.17. The van der Waals surface area contributed by atoms with Crippen molar-refractivity contribution in [3.05, 3.63) is 75.3 Å². The van der Waals surface area contributed by atoms with Crippen LogP contribution in [0.3, 0.4) is 0 Å². The summed E-state index contributed by atoms with van der Waals surface area (Å²) < 4.78 is 0. The van der Waals surface area contributed by atoms with E-state index in [0.29, 0.717) is 24.1 Å². The molecule has 0 aliphatic carbocycles. The highest BCUT2D eigenvalue weighted by molar-refractivity contribution is 5.96. The quantitative estimate of drug-likeness (QED) is 0.537. The maximum atomic E-state index is 12.8. The highest BCUT2D eigenvalue weighted by atomic mass is 16.6. The number of anilines is 1. The average Bonchev–Trinajstić information content (AvgIpc) is 2.65. The number of carboxylic acids is 1. The fraction of sp³-hybridized carbons (Fsp3) is 0.300. The molecule has 0 bridgehead atoms. The Kier molecular flexibility index (Phi) is 7.05. The van der Waals surface area contributed by atoms with Gasteiger partial charge in [0.1, 0.15) is 0 Å². The van der Waals surface area contributed by atoms with Gasteiger partial charge < -0.3 is 10.0 Å². The number of carboxylic acid groups (broad SMARTS) is 1. The molecule has 142 valence electrons. The van der Waals surface area contributed by atoms with Crippen molar-refractivity contribution < 1.29 is 19.6 Å². The lowest BCUT2D eigenvalue weighted by molar-refractivity contribution is -0.479. The van der Waals surface area contributed by atoms with E-state index in [-0.39, 0.29) is 31.0 Å². The van der Waals surface area contributed by atoms with Crippen LogP contribution in [0.25, 0.3) is 0 Å². The van der Waals surface area contributed by atoms with E-state index in [1.807, 2.05) is 37.3 Å². The Morgan fingerprint density at radius 3 is 2.44 bits per heavy atom. The number of carbonyl (C=O) groups excluding carboxylic acids is 1. The molecule has 7 heteroatoms. The summed E-state index contributed by atoms with van der Waals surface area (Å²) in [5.41, 5.74) is 1.93. The fourth-order valence-corrected chi connectivity index (χ4v) is 2.79. The Balaban J connectivity index is 2.49. The topological polar surface area (TPSA) is 101 Å². The van der Waals surface area contributed by atoms with Gasteiger partial charge in [0.25, 0.3) is 0 Å². The standard InChI is InChI=1S/C20H22N2O5/c1-2-6-19(23)21(14-15-7-4-3-5-8-15)18-13-17(20(24)25)10-9-16(18)11-12-22(26)27/h3-5,7-10,13H,2,6,11-12,14H2,1H3,(H,24,25). The molecule has 7 nitrogen and oxygen atoms in total. The summed E-state index contributed by atoms with van der Waals surface area (Å²) in [4.78, 5) is 36.0. The molecule has 27 heavy (non-hydrogen) atoms. The summed E-state index contributed by atoms with van der Waals surface area (Å²) in [5.74, 6) is -1.26. The third-order valence-electron chi connectivity index (χ3n) is 4.14. The Bertz CT molecular complexity index is 820. The van der Waals surface area contributed by atoms with Crippen molar-refractivity contribution in [2.75, 3.05) is 11.4 Å². The molecule has 0 spiro atoms. The van der Waals surface area contributed by atoms with Crippen molar-refractivity contribution in [2.24, 2.45) is 0 Å². The molecule has 1 amide bonds. The number of aromatic carboxylic acids is 1. The molecular weight excluding hydrogens is 348 g/mol. The molecule has 0 radical (unpaired) electrons. The molecule has 0 fully saturated rings. The van der Waals surface area contributed by atoms with Gasteiger partial charge in [0.05, 0.1) is 12.1 Å². The summed E-state index contributed by atoms with van der Waals surface area (Å²) in [7, 11) is 0. The lowest BCUT2D eigenvalue weighted by Crippen LogP contribution is -2.31. The summed E-state index contributed by atoms with van der Waals surface area (Å²) in [6.45, 7) is 1.87. The van der Waals surface area contributed by atoms with E-state index in [1.165, 1.54) is 17.0 Å². The maximum absolute atomic E-state index is 12.8. The predicted octanol–water partition coefficient (Wildman–Crippen LogP) is 3.54. The number of hydrogen-bond acceptors (Lipinski definition) is 4. The van der Waals surface area contributed by atoms with Gasteiger partial charge in [-0.3, -0.25) is 14.9 Å². The van der Waals surface area contributed by atoms with Crippen molar-refractivity contribution in [3.63, 3.8) is 0 Å². The van der Waals surface area contributed by atoms with Crippen LogP contribution in [0, 0.1) is 10.1 Å². The zero-order valence-corrected chi connectivity index (χ0v) is 15.1. The van der Waals surface area contributed by atoms with Crippen LogP contribution in [0.1, 0.15) is 41.3 Å². The van der Waals surface area contributed by atoms with E-state index in [4.69, 9.17) is 0 Å². The van der Waals surface area contributed by atoms with Gasteiger partial charge in [-0.05, 0) is 29.7 Å². The first-order valence-electron chi connectivity index (χ1n) is 8.74. The van der Waals surface area contributed by atoms with Crippen LogP contribution in [-0.2, 0) is 17.8 Å². The Morgan fingerprint density at radius 2 is 1.85 bits per heavy atom. The van der Waals surface area contributed by atoms with Gasteiger partial charge in [0.2, 0.25) is 12.5 Å². The first kappa shape index (κ1) is 20.1. The highest BCUT2D eigenvalue weighted by Gasteiger charge is 2.21. The number of amides is 1. The highest BCUT2D eigenvalue weighted by Crippen LogP contribution is 2.26. The largest absolute Gasteiger partial charge is 0.478 e. The number of hydrogen-bond donors (Lipinski definition) is 1. The molecule has 0 saturated heterocycles. The van der Waals surface area contributed by atoms with Crippen LogP contribution >= 0.6 is 0 Å². The SMILES string of the molecule is CCCC(=O)N(Cc1ccccc1)c1cc(C(=O)O)ccc1CC[N+](=O)[O-]. The average molecular weight is 370 g/mol. The maximum Gasteiger partial charge on any atom is 0.335 e. The third kappa shape index (κ3) is 5.64. The van der Waals surface area contributed by atoms with Gasteiger partial charge in [0.15, 0.2) is 0 Å². The van der Waals surface area contributed by atoms with Crippen molar-refractivity contribution in [3.8, 4) is 0 Å². The molecule has 0 aromatic heterocycles. The molecule has 1 N–H and O–H groups in total. The molecule has 0 saturated carbocycles. The molecule has 0 aliphatic heterocycles. The molecule has 2 aromatic rings. The van der Waals surface area contributed by atoms with Crippen LogP contribution in [0.4, 0.5) is 5.69 Å². The smallest absolute Gasteiger partial charge is 0.335 e. The first-order valence-corrected chi connectivity index (χ1v) is 8.74. The summed E-state index contributed by atoms with van der Waals surface area (Å²) in [6, 6.07) is 13.7. The summed E-state index contributed by atoms with van der Waals surface area (Å²) in [6.07, 6.45) is 1.07. The number of rotatable bonds is 9. The van der Waals surface area contributed by atoms with E-state index in [1.54, 1.807) is 6.07 Å². The normalized spacial score (nSPS) is 10.4. The minimum Gasteiger partial charge on any atom is -0.478 e. The van der Waals surface area contributed by atoms with Crippen LogP contribution in [0.2, 0.25) is 0 Å². The van der Waals surface area contributed by atoms with Crippen molar-refractivity contribution >= 4 is 17.6 Å². The number of carbonyl (C=O) groups is 2. The molecule has 2 aromatic carbocycles. The molecule has 0 heterocycles. The Labute approximate surface area is 157 Å². The van der Waals surface area contributed by atoms with Gasteiger partial charge >= 0.3 is 5.97 Å². The van der Waals surface area contributed by atoms with Crippen molar-refractivity contribution in [2.45, 2.75) is 32.7 Å². The monoisotopic (exact) mass is 370 g/mol. The van der Waals surface area contributed by atoms with E-state index in [0.717, 1.165) is 5.56 Å².